The first-order chi connectivity index (χ1) is 13.4. The quantitative estimate of drug-likeness (QED) is 0.531. The average Bonchev–Trinajstić information content (AvgIpc) is 2.86. The lowest BCUT2D eigenvalue weighted by Crippen LogP contribution is -2.71. The molecule has 4 rings (SSSR count). The molecule has 8 heteroatoms. The van der Waals surface area contributed by atoms with Crippen LogP contribution in [-0.2, 0) is 9.59 Å². The molecule has 0 heterocycles. The molecule has 5 unspecified atom stereocenters. The molecular weight excluding hydrogens is 386 g/mol. The second-order valence-electron chi connectivity index (χ2n) is 9.82. The number of fused-ring (bicyclic) bond motifs is 5. The highest BCUT2D eigenvalue weighted by atomic mass is 19.1. The maximum Gasteiger partial charge on any atom is 0.192 e. The molecule has 4 aliphatic rings. The van der Waals surface area contributed by atoms with Gasteiger partial charge in [0.15, 0.2) is 17.2 Å². The minimum Gasteiger partial charge on any atom is -0.390 e. The summed E-state index contributed by atoms with van der Waals surface area (Å²) in [5.41, 5.74) is -7.36. The molecule has 0 amide bonds. The van der Waals surface area contributed by atoms with Crippen LogP contribution in [0.3, 0.4) is 0 Å². The molecule has 0 spiro atoms. The maximum atomic E-state index is 16.8. The van der Waals surface area contributed by atoms with Crippen molar-refractivity contribution in [1.29, 1.82) is 0 Å². The van der Waals surface area contributed by atoms with E-state index in [4.69, 9.17) is 0 Å². The van der Waals surface area contributed by atoms with E-state index in [1.54, 1.807) is 0 Å². The summed E-state index contributed by atoms with van der Waals surface area (Å²) in [5, 5.41) is 42.1. The van der Waals surface area contributed by atoms with Gasteiger partial charge in [0.25, 0.3) is 0 Å². The fourth-order valence-corrected chi connectivity index (χ4v) is 7.20. The van der Waals surface area contributed by atoms with Crippen LogP contribution in [0.15, 0.2) is 11.6 Å². The number of carbonyl (C=O) groups is 2. The van der Waals surface area contributed by atoms with Gasteiger partial charge in [-0.3, -0.25) is 9.59 Å². The lowest BCUT2D eigenvalue weighted by atomic mass is 9.43. The average molecular weight is 414 g/mol. The summed E-state index contributed by atoms with van der Waals surface area (Å²) in [4.78, 5) is 24.3. The van der Waals surface area contributed by atoms with Crippen LogP contribution in [0, 0.1) is 22.7 Å². The second kappa shape index (κ2) is 6.15. The Labute approximate surface area is 167 Å². The van der Waals surface area contributed by atoms with Crippen molar-refractivity contribution in [3.63, 3.8) is 0 Å². The molecule has 6 nitrogen and oxygen atoms in total. The van der Waals surface area contributed by atoms with Gasteiger partial charge in [-0.25, -0.2) is 8.78 Å². The van der Waals surface area contributed by atoms with Crippen LogP contribution in [0.2, 0.25) is 0 Å². The fourth-order valence-electron chi connectivity index (χ4n) is 7.20. The molecule has 0 aliphatic heterocycles. The highest BCUT2D eigenvalue weighted by Gasteiger charge is 2.77. The summed E-state index contributed by atoms with van der Waals surface area (Å²) in [6.07, 6.45) is -4.26. The van der Waals surface area contributed by atoms with Gasteiger partial charge in [0.1, 0.15) is 18.4 Å². The molecule has 9 atom stereocenters. The van der Waals surface area contributed by atoms with Crippen LogP contribution in [0.25, 0.3) is 0 Å². The van der Waals surface area contributed by atoms with Crippen molar-refractivity contribution in [2.24, 2.45) is 22.7 Å². The second-order valence-corrected chi connectivity index (χ2v) is 9.82. The van der Waals surface area contributed by atoms with E-state index in [1.807, 2.05) is 0 Å². The van der Waals surface area contributed by atoms with E-state index in [0.717, 1.165) is 0 Å². The van der Waals surface area contributed by atoms with Crippen molar-refractivity contribution in [2.75, 3.05) is 6.61 Å². The Kier molecular flexibility index (Phi) is 4.46. The van der Waals surface area contributed by atoms with Gasteiger partial charge in [-0.1, -0.05) is 13.8 Å². The first-order valence-electron chi connectivity index (χ1n) is 10.2. The number of halogens is 2. The summed E-state index contributed by atoms with van der Waals surface area (Å²) in [6, 6.07) is 0. The van der Waals surface area contributed by atoms with Crippen molar-refractivity contribution in [1.82, 2.24) is 0 Å². The van der Waals surface area contributed by atoms with Crippen LogP contribution in [0.1, 0.15) is 46.0 Å². The van der Waals surface area contributed by atoms with E-state index in [1.165, 1.54) is 19.9 Å². The predicted octanol–water partition coefficient (Wildman–Crippen LogP) is 0.792. The van der Waals surface area contributed by atoms with Crippen molar-refractivity contribution in [3.8, 4) is 0 Å². The minimum atomic E-state index is -2.35. The summed E-state index contributed by atoms with van der Waals surface area (Å²) in [5.74, 6) is -3.09. The first kappa shape index (κ1) is 21.0. The number of Topliss-reactive ketones (excluding diaryl/α,β-unsaturated/α-hetero) is 1. The van der Waals surface area contributed by atoms with Crippen LogP contribution in [-0.4, -0.2) is 68.2 Å². The molecule has 0 saturated heterocycles. The number of hydrogen-bond acceptors (Lipinski definition) is 6. The van der Waals surface area contributed by atoms with Crippen molar-refractivity contribution in [2.45, 2.75) is 75.6 Å². The molecule has 0 aromatic rings. The van der Waals surface area contributed by atoms with Gasteiger partial charge >= 0.3 is 0 Å². The molecule has 29 heavy (non-hydrogen) atoms. The number of carbonyl (C=O) groups excluding carboxylic acids is 2. The number of alkyl halides is 2. The molecule has 4 aliphatic carbocycles. The van der Waals surface area contributed by atoms with Crippen molar-refractivity contribution in [3.05, 3.63) is 11.6 Å². The summed E-state index contributed by atoms with van der Waals surface area (Å²) in [6.45, 7) is 2.03. The van der Waals surface area contributed by atoms with E-state index in [9.17, 15) is 30.0 Å². The Bertz CT molecular complexity index is 800. The number of aliphatic hydroxyl groups is 4. The zero-order chi connectivity index (χ0) is 21.6. The number of ketones is 2. The van der Waals surface area contributed by atoms with Gasteiger partial charge in [0.05, 0.1) is 12.2 Å². The van der Waals surface area contributed by atoms with Gasteiger partial charge < -0.3 is 20.4 Å². The van der Waals surface area contributed by atoms with Crippen molar-refractivity contribution < 1.29 is 38.8 Å². The maximum absolute atomic E-state index is 16.8. The topological polar surface area (TPSA) is 115 Å². The summed E-state index contributed by atoms with van der Waals surface area (Å²) >= 11 is 0. The third-order valence-electron chi connectivity index (χ3n) is 8.81. The predicted molar refractivity (Wildman–Crippen MR) is 97.2 cm³/mol. The van der Waals surface area contributed by atoms with E-state index in [0.29, 0.717) is 0 Å². The van der Waals surface area contributed by atoms with Crippen LogP contribution >= 0.6 is 0 Å². The number of hydrogen-bond donors (Lipinski definition) is 4. The molecule has 4 N–H and O–H groups in total. The van der Waals surface area contributed by atoms with Crippen LogP contribution in [0.5, 0.6) is 0 Å². The monoisotopic (exact) mass is 414 g/mol. The Morgan fingerprint density at radius 1 is 1.21 bits per heavy atom. The SMILES string of the molecule is CC12CCC(=O)C=C1[C@@H](F)CC1C3C[C@@H](O)[C@](O)(C(=O)CO)C3(C)CC(O)[C@@]12F. The van der Waals surface area contributed by atoms with Crippen LogP contribution in [0.4, 0.5) is 8.78 Å². The molecule has 0 aromatic heterocycles. The Morgan fingerprint density at radius 3 is 2.48 bits per heavy atom. The smallest absolute Gasteiger partial charge is 0.192 e. The molecule has 0 aromatic carbocycles. The number of rotatable bonds is 2. The molecule has 3 fully saturated rings. The third-order valence-corrected chi connectivity index (χ3v) is 8.81. The largest absolute Gasteiger partial charge is 0.390 e. The molecular formula is C21H28F2O6. The Hall–Kier alpha value is -1.22. The molecule has 0 radical (unpaired) electrons. The fraction of sp³-hybridized carbons (Fsp3) is 0.810. The lowest BCUT2D eigenvalue weighted by Gasteiger charge is -2.63. The van der Waals surface area contributed by atoms with Crippen molar-refractivity contribution >= 4 is 11.6 Å². The Balaban J connectivity index is 1.86. The molecule has 0 bridgehead atoms. The van der Waals surface area contributed by atoms with Gasteiger partial charge in [-0.2, -0.15) is 0 Å². The minimum absolute atomic E-state index is 0.0509. The highest BCUT2D eigenvalue weighted by molar-refractivity contribution is 5.92. The first-order valence-corrected chi connectivity index (χ1v) is 10.2. The highest BCUT2D eigenvalue weighted by Crippen LogP contribution is 2.70. The van der Waals surface area contributed by atoms with E-state index in [-0.39, 0.29) is 43.5 Å². The molecule has 3 saturated carbocycles. The zero-order valence-corrected chi connectivity index (χ0v) is 16.6. The van der Waals surface area contributed by atoms with Gasteiger partial charge in [-0.15, -0.1) is 0 Å². The van der Waals surface area contributed by atoms with Gasteiger partial charge in [0, 0.05) is 23.2 Å². The zero-order valence-electron chi connectivity index (χ0n) is 16.6. The lowest BCUT2D eigenvalue weighted by molar-refractivity contribution is -0.235. The van der Waals surface area contributed by atoms with E-state index < -0.39 is 64.7 Å². The summed E-state index contributed by atoms with van der Waals surface area (Å²) < 4.78 is 32.0. The van der Waals surface area contributed by atoms with Crippen LogP contribution < -0.4 is 0 Å². The summed E-state index contributed by atoms with van der Waals surface area (Å²) in [7, 11) is 0. The number of allylic oxidation sites excluding steroid dienone is 1. The van der Waals surface area contributed by atoms with E-state index in [2.05, 4.69) is 0 Å². The number of aliphatic hydroxyl groups excluding tert-OH is 3. The van der Waals surface area contributed by atoms with Gasteiger partial charge in [0.2, 0.25) is 0 Å². The standard InChI is InChI=1S/C21H28F2O6/c1-18-4-3-10(25)5-13(18)14(22)6-12-11-7-15(26)21(29,17(28)9-24)19(11,2)8-16(27)20(12,18)23/h5,11-12,14-16,24,26-27,29H,3-4,6-9H2,1-2H3/t11?,12?,14-,15+,16?,18?,19?,20-,21-/m0/s1. The normalized spacial score (nSPS) is 54.3. The Morgan fingerprint density at radius 2 is 1.86 bits per heavy atom. The molecule has 162 valence electrons. The van der Waals surface area contributed by atoms with E-state index >= 15 is 8.78 Å². The van der Waals surface area contributed by atoms with Gasteiger partial charge in [-0.05, 0) is 43.3 Å². The third kappa shape index (κ3) is 2.23.